The maximum Gasteiger partial charge on any atom is 0.419 e. The number of halogens is 5. The van der Waals surface area contributed by atoms with E-state index in [1.165, 1.54) is 4.90 Å². The normalized spacial score (nSPS) is 16.4. The average molecular weight is 356 g/mol. The Bertz CT molecular complexity index is 527. The second kappa shape index (κ2) is 5.69. The molecule has 8 heteroatoms. The van der Waals surface area contributed by atoms with Crippen LogP contribution in [0.1, 0.15) is 15.9 Å². The van der Waals surface area contributed by atoms with Crippen LogP contribution in [0, 0.1) is 5.82 Å². The summed E-state index contributed by atoms with van der Waals surface area (Å²) >= 11 is 2.93. The van der Waals surface area contributed by atoms with Gasteiger partial charge in [0.05, 0.1) is 24.3 Å². The Morgan fingerprint density at radius 3 is 2.40 bits per heavy atom. The summed E-state index contributed by atoms with van der Waals surface area (Å²) < 4.78 is 57.0. The minimum Gasteiger partial charge on any atom is -0.378 e. The van der Waals surface area contributed by atoms with Gasteiger partial charge >= 0.3 is 6.18 Å². The van der Waals surface area contributed by atoms with Crippen molar-refractivity contribution in [3.05, 3.63) is 33.5 Å². The van der Waals surface area contributed by atoms with E-state index in [0.717, 1.165) is 6.07 Å². The molecule has 1 amide bonds. The molecule has 0 aromatic heterocycles. The molecule has 0 radical (unpaired) electrons. The van der Waals surface area contributed by atoms with Gasteiger partial charge in [-0.1, -0.05) is 0 Å². The fourth-order valence-corrected chi connectivity index (χ4v) is 2.37. The lowest BCUT2D eigenvalue weighted by atomic mass is 10.1. The zero-order chi connectivity index (χ0) is 14.9. The summed E-state index contributed by atoms with van der Waals surface area (Å²) in [6.45, 7) is 1.01. The molecular formula is C12H10BrF4NO2. The zero-order valence-corrected chi connectivity index (χ0v) is 11.7. The van der Waals surface area contributed by atoms with Crippen molar-refractivity contribution in [1.82, 2.24) is 4.90 Å². The zero-order valence-electron chi connectivity index (χ0n) is 10.1. The smallest absolute Gasteiger partial charge is 0.378 e. The molecule has 0 N–H and O–H groups in total. The van der Waals surface area contributed by atoms with Gasteiger partial charge in [-0.2, -0.15) is 13.2 Å². The summed E-state index contributed by atoms with van der Waals surface area (Å²) in [5, 5.41) is 0. The molecule has 20 heavy (non-hydrogen) atoms. The minimum atomic E-state index is -4.84. The van der Waals surface area contributed by atoms with Gasteiger partial charge in [0.15, 0.2) is 0 Å². The molecule has 0 spiro atoms. The monoisotopic (exact) mass is 355 g/mol. The molecule has 0 unspecified atom stereocenters. The number of carbonyl (C=O) groups is 1. The Balaban J connectivity index is 2.42. The van der Waals surface area contributed by atoms with E-state index in [-0.39, 0.29) is 30.8 Å². The summed E-state index contributed by atoms with van der Waals surface area (Å²) in [6, 6.07) is 1.63. The highest BCUT2D eigenvalue weighted by Crippen LogP contribution is 2.35. The van der Waals surface area contributed by atoms with E-state index >= 15 is 0 Å². The summed E-state index contributed by atoms with van der Waals surface area (Å²) in [6.07, 6.45) is -4.84. The second-order valence-corrected chi connectivity index (χ2v) is 5.04. The summed E-state index contributed by atoms with van der Waals surface area (Å²) in [4.78, 5) is 13.4. The van der Waals surface area contributed by atoms with Crippen molar-refractivity contribution < 1.29 is 27.1 Å². The first-order chi connectivity index (χ1) is 9.32. The fraction of sp³-hybridized carbons (Fsp3) is 0.417. The maximum absolute atomic E-state index is 14.0. The average Bonchev–Trinajstić information content (AvgIpc) is 2.38. The van der Waals surface area contributed by atoms with Gasteiger partial charge in [-0.3, -0.25) is 4.79 Å². The molecule has 3 nitrogen and oxygen atoms in total. The van der Waals surface area contributed by atoms with E-state index in [1.54, 1.807) is 0 Å². The first kappa shape index (κ1) is 15.2. The van der Waals surface area contributed by atoms with E-state index in [9.17, 15) is 22.4 Å². The Labute approximate surface area is 120 Å². The summed E-state index contributed by atoms with van der Waals surface area (Å²) in [5.41, 5.74) is -2.04. The van der Waals surface area contributed by atoms with Gasteiger partial charge in [-0.25, -0.2) is 4.39 Å². The molecule has 0 atom stereocenters. The third-order valence-electron chi connectivity index (χ3n) is 2.91. The van der Waals surface area contributed by atoms with Gasteiger partial charge in [0, 0.05) is 17.6 Å². The number of rotatable bonds is 1. The standard InChI is InChI=1S/C12H10BrF4NO2/c13-8-2-1-7(12(15,16)17)10(14)9(8)11(19)18-3-5-20-6-4-18/h1-2H,3-6H2. The quantitative estimate of drug-likeness (QED) is 0.724. The number of morpholine rings is 1. The molecular weight excluding hydrogens is 346 g/mol. The van der Waals surface area contributed by atoms with Gasteiger partial charge in [0.1, 0.15) is 5.82 Å². The number of hydrogen-bond acceptors (Lipinski definition) is 2. The van der Waals surface area contributed by atoms with Gasteiger partial charge in [0.2, 0.25) is 0 Å². The number of nitrogens with zero attached hydrogens (tertiary/aromatic N) is 1. The van der Waals surface area contributed by atoms with Crippen LogP contribution in [0.2, 0.25) is 0 Å². The largest absolute Gasteiger partial charge is 0.419 e. The maximum atomic E-state index is 14.0. The van der Waals surface area contributed by atoms with Gasteiger partial charge in [-0.05, 0) is 28.1 Å². The second-order valence-electron chi connectivity index (χ2n) is 4.19. The Kier molecular flexibility index (Phi) is 4.33. The lowest BCUT2D eigenvalue weighted by Gasteiger charge is -2.27. The third kappa shape index (κ3) is 2.95. The molecule has 2 rings (SSSR count). The highest BCUT2D eigenvalue weighted by Gasteiger charge is 2.37. The van der Waals surface area contributed by atoms with Gasteiger partial charge in [-0.15, -0.1) is 0 Å². The molecule has 1 aromatic carbocycles. The molecule has 1 aliphatic rings. The first-order valence-corrected chi connectivity index (χ1v) is 6.54. The predicted octanol–water partition coefficient (Wildman–Crippen LogP) is 3.08. The molecule has 1 heterocycles. The number of ether oxygens (including phenoxy) is 1. The van der Waals surface area contributed by atoms with Crippen molar-refractivity contribution in [1.29, 1.82) is 0 Å². The van der Waals surface area contributed by atoms with Crippen molar-refractivity contribution in [3.8, 4) is 0 Å². The molecule has 0 aliphatic carbocycles. The van der Waals surface area contributed by atoms with Crippen LogP contribution in [0.4, 0.5) is 17.6 Å². The minimum absolute atomic E-state index is 0.000471. The van der Waals surface area contributed by atoms with Crippen molar-refractivity contribution in [2.24, 2.45) is 0 Å². The van der Waals surface area contributed by atoms with Crippen LogP contribution in [-0.2, 0) is 10.9 Å². The number of carbonyl (C=O) groups excluding carboxylic acids is 1. The van der Waals surface area contributed by atoms with Crippen molar-refractivity contribution >= 4 is 21.8 Å². The molecule has 1 aliphatic heterocycles. The molecule has 1 aromatic rings. The van der Waals surface area contributed by atoms with Crippen molar-refractivity contribution in [3.63, 3.8) is 0 Å². The molecule has 0 saturated carbocycles. The SMILES string of the molecule is O=C(c1c(Br)ccc(C(F)(F)F)c1F)N1CCOCC1. The molecule has 0 bridgehead atoms. The summed E-state index contributed by atoms with van der Waals surface area (Å²) in [7, 11) is 0. The number of amides is 1. The fourth-order valence-electron chi connectivity index (χ4n) is 1.89. The summed E-state index contributed by atoms with van der Waals surface area (Å²) in [5.74, 6) is -2.33. The van der Waals surface area contributed by atoms with Crippen LogP contribution in [0.3, 0.4) is 0 Å². The lowest BCUT2D eigenvalue weighted by molar-refractivity contribution is -0.140. The van der Waals surface area contributed by atoms with Crippen LogP contribution in [-0.4, -0.2) is 37.1 Å². The van der Waals surface area contributed by atoms with E-state index < -0.39 is 29.0 Å². The predicted molar refractivity (Wildman–Crippen MR) is 65.8 cm³/mol. The van der Waals surface area contributed by atoms with E-state index in [2.05, 4.69) is 15.9 Å². The Morgan fingerprint density at radius 2 is 1.85 bits per heavy atom. The van der Waals surface area contributed by atoms with E-state index in [4.69, 9.17) is 4.74 Å². The number of benzene rings is 1. The highest BCUT2D eigenvalue weighted by molar-refractivity contribution is 9.10. The van der Waals surface area contributed by atoms with Crippen LogP contribution < -0.4 is 0 Å². The Hall–Kier alpha value is -1.15. The highest BCUT2D eigenvalue weighted by atomic mass is 79.9. The number of hydrogen-bond donors (Lipinski definition) is 0. The molecule has 1 fully saturated rings. The van der Waals surface area contributed by atoms with Crippen LogP contribution >= 0.6 is 15.9 Å². The van der Waals surface area contributed by atoms with Crippen LogP contribution in [0.5, 0.6) is 0 Å². The van der Waals surface area contributed by atoms with Crippen molar-refractivity contribution in [2.45, 2.75) is 6.18 Å². The van der Waals surface area contributed by atoms with E-state index in [0.29, 0.717) is 6.07 Å². The molecule has 1 saturated heterocycles. The molecule has 110 valence electrons. The third-order valence-corrected chi connectivity index (χ3v) is 3.57. The number of alkyl halides is 3. The van der Waals surface area contributed by atoms with Gasteiger partial charge in [0.25, 0.3) is 5.91 Å². The Morgan fingerprint density at radius 1 is 1.25 bits per heavy atom. The van der Waals surface area contributed by atoms with E-state index in [1.807, 2.05) is 0 Å². The van der Waals surface area contributed by atoms with Crippen molar-refractivity contribution in [2.75, 3.05) is 26.3 Å². The van der Waals surface area contributed by atoms with Crippen LogP contribution in [0.25, 0.3) is 0 Å². The lowest BCUT2D eigenvalue weighted by Crippen LogP contribution is -2.41. The van der Waals surface area contributed by atoms with Crippen LogP contribution in [0.15, 0.2) is 16.6 Å². The topological polar surface area (TPSA) is 29.5 Å². The van der Waals surface area contributed by atoms with Gasteiger partial charge < -0.3 is 9.64 Å². The first-order valence-electron chi connectivity index (χ1n) is 5.74.